The molecule has 0 spiro atoms. The number of carbonyl (C=O) groups is 1. The Bertz CT molecular complexity index is 641. The second kappa shape index (κ2) is 5.01. The minimum absolute atomic E-state index is 0.279. The van der Waals surface area contributed by atoms with Crippen molar-refractivity contribution < 1.29 is 27.8 Å². The molecule has 3 nitrogen and oxygen atoms in total. The first-order valence-corrected chi connectivity index (χ1v) is 5.13. The Morgan fingerprint density at radius 1 is 1.05 bits per heavy atom. The van der Waals surface area contributed by atoms with E-state index in [0.717, 1.165) is 30.3 Å². The maximum absolute atomic E-state index is 13.4. The molecule has 0 unspecified atom stereocenters. The first kappa shape index (κ1) is 12.9. The third-order valence-corrected chi connectivity index (χ3v) is 2.31. The highest BCUT2D eigenvalue weighted by Crippen LogP contribution is 2.29. The van der Waals surface area contributed by atoms with Crippen molar-refractivity contribution in [2.45, 2.75) is 0 Å². The van der Waals surface area contributed by atoms with Crippen molar-refractivity contribution in [3.05, 3.63) is 59.4 Å². The van der Waals surface area contributed by atoms with Crippen molar-refractivity contribution >= 4 is 5.97 Å². The molecule has 1 N–H and O–H groups in total. The maximum Gasteiger partial charge on any atom is 0.339 e. The van der Waals surface area contributed by atoms with E-state index in [1.54, 1.807) is 0 Å². The first-order valence-electron chi connectivity index (χ1n) is 5.13. The van der Waals surface area contributed by atoms with Gasteiger partial charge in [0.2, 0.25) is 5.82 Å². The molecule has 0 aliphatic rings. The molecule has 0 saturated heterocycles. The third kappa shape index (κ3) is 2.67. The predicted molar refractivity (Wildman–Crippen MR) is 59.8 cm³/mol. The summed E-state index contributed by atoms with van der Waals surface area (Å²) in [5.41, 5.74) is -0.483. The molecule has 98 valence electrons. The van der Waals surface area contributed by atoms with Gasteiger partial charge in [-0.2, -0.15) is 4.39 Å². The van der Waals surface area contributed by atoms with Crippen LogP contribution >= 0.6 is 0 Å². The van der Waals surface area contributed by atoms with Gasteiger partial charge >= 0.3 is 5.97 Å². The van der Waals surface area contributed by atoms with Crippen molar-refractivity contribution in [3.63, 3.8) is 0 Å². The normalized spacial score (nSPS) is 10.3. The molecule has 0 aliphatic carbocycles. The number of benzene rings is 2. The topological polar surface area (TPSA) is 46.5 Å². The zero-order chi connectivity index (χ0) is 14.0. The van der Waals surface area contributed by atoms with Crippen LogP contribution in [0.5, 0.6) is 11.5 Å². The van der Waals surface area contributed by atoms with Crippen molar-refractivity contribution in [1.29, 1.82) is 0 Å². The van der Waals surface area contributed by atoms with Crippen LogP contribution in [-0.4, -0.2) is 11.1 Å². The second-order valence-corrected chi connectivity index (χ2v) is 3.60. The molecule has 0 radical (unpaired) electrons. The quantitative estimate of drug-likeness (QED) is 0.925. The van der Waals surface area contributed by atoms with Crippen molar-refractivity contribution in [2.24, 2.45) is 0 Å². The Kier molecular flexibility index (Phi) is 3.41. The average Bonchev–Trinajstić information content (AvgIpc) is 2.36. The van der Waals surface area contributed by atoms with Gasteiger partial charge in [0, 0.05) is 0 Å². The number of halogens is 3. The van der Waals surface area contributed by atoms with Gasteiger partial charge < -0.3 is 9.84 Å². The van der Waals surface area contributed by atoms with Crippen LogP contribution < -0.4 is 4.74 Å². The van der Waals surface area contributed by atoms with Gasteiger partial charge in [0.25, 0.3) is 0 Å². The molecule has 0 amide bonds. The molecule has 0 aliphatic heterocycles. The zero-order valence-electron chi connectivity index (χ0n) is 9.36. The summed E-state index contributed by atoms with van der Waals surface area (Å²) in [5.74, 6) is -5.34. The highest BCUT2D eigenvalue weighted by molar-refractivity contribution is 5.91. The SMILES string of the molecule is O=C(O)c1cc(F)ccc1Oc1cccc(F)c1F. The van der Waals surface area contributed by atoms with E-state index in [-0.39, 0.29) is 5.75 Å². The van der Waals surface area contributed by atoms with Crippen LogP contribution in [0.15, 0.2) is 36.4 Å². The van der Waals surface area contributed by atoms with Gasteiger partial charge in [-0.25, -0.2) is 13.6 Å². The summed E-state index contributed by atoms with van der Waals surface area (Å²) in [6, 6.07) is 5.95. The van der Waals surface area contributed by atoms with Crippen LogP contribution in [0.1, 0.15) is 10.4 Å². The number of ether oxygens (including phenoxy) is 1. The Morgan fingerprint density at radius 2 is 1.79 bits per heavy atom. The predicted octanol–water partition coefficient (Wildman–Crippen LogP) is 3.59. The summed E-state index contributed by atoms with van der Waals surface area (Å²) in [4.78, 5) is 10.9. The van der Waals surface area contributed by atoms with Crippen LogP contribution in [0.4, 0.5) is 13.2 Å². The first-order chi connectivity index (χ1) is 8.99. The summed E-state index contributed by atoms with van der Waals surface area (Å²) in [6.45, 7) is 0. The molecule has 0 bridgehead atoms. The molecular formula is C13H7F3O3. The van der Waals surface area contributed by atoms with E-state index in [9.17, 15) is 18.0 Å². The highest BCUT2D eigenvalue weighted by Gasteiger charge is 2.16. The summed E-state index contributed by atoms with van der Waals surface area (Å²) in [6.07, 6.45) is 0. The lowest BCUT2D eigenvalue weighted by molar-refractivity contribution is 0.0693. The van der Waals surface area contributed by atoms with E-state index in [2.05, 4.69) is 0 Å². The summed E-state index contributed by atoms with van der Waals surface area (Å²) >= 11 is 0. The Morgan fingerprint density at radius 3 is 2.47 bits per heavy atom. The maximum atomic E-state index is 13.4. The minimum Gasteiger partial charge on any atom is -0.478 e. The van der Waals surface area contributed by atoms with E-state index < -0.39 is 34.7 Å². The lowest BCUT2D eigenvalue weighted by Gasteiger charge is -2.09. The smallest absolute Gasteiger partial charge is 0.339 e. The fourth-order valence-corrected chi connectivity index (χ4v) is 1.44. The van der Waals surface area contributed by atoms with Gasteiger partial charge in [0.15, 0.2) is 11.6 Å². The van der Waals surface area contributed by atoms with Gasteiger partial charge in [-0.05, 0) is 30.3 Å². The molecular weight excluding hydrogens is 261 g/mol. The lowest BCUT2D eigenvalue weighted by atomic mass is 10.2. The number of carboxylic acids is 1. The van der Waals surface area contributed by atoms with Crippen LogP contribution in [0, 0.1) is 17.5 Å². The number of hydrogen-bond acceptors (Lipinski definition) is 2. The number of rotatable bonds is 3. The molecule has 0 atom stereocenters. The van der Waals surface area contributed by atoms with Crippen molar-refractivity contribution in [1.82, 2.24) is 0 Å². The van der Waals surface area contributed by atoms with Crippen LogP contribution in [0.2, 0.25) is 0 Å². The van der Waals surface area contributed by atoms with Gasteiger partial charge in [0.05, 0.1) is 0 Å². The summed E-state index contributed by atoms with van der Waals surface area (Å²) in [5, 5.41) is 8.88. The van der Waals surface area contributed by atoms with E-state index in [0.29, 0.717) is 0 Å². The largest absolute Gasteiger partial charge is 0.478 e. The monoisotopic (exact) mass is 268 g/mol. The fraction of sp³-hybridized carbons (Fsp3) is 0. The second-order valence-electron chi connectivity index (χ2n) is 3.60. The molecule has 0 fully saturated rings. The van der Waals surface area contributed by atoms with Crippen molar-refractivity contribution in [2.75, 3.05) is 0 Å². The van der Waals surface area contributed by atoms with Gasteiger partial charge in [-0.15, -0.1) is 0 Å². The van der Waals surface area contributed by atoms with Gasteiger partial charge in [-0.3, -0.25) is 0 Å². The zero-order valence-corrected chi connectivity index (χ0v) is 9.36. The summed E-state index contributed by atoms with van der Waals surface area (Å²) in [7, 11) is 0. The fourth-order valence-electron chi connectivity index (χ4n) is 1.44. The van der Waals surface area contributed by atoms with Crippen molar-refractivity contribution in [3.8, 4) is 11.5 Å². The van der Waals surface area contributed by atoms with Crippen LogP contribution in [0.25, 0.3) is 0 Å². The molecule has 2 aromatic rings. The lowest BCUT2D eigenvalue weighted by Crippen LogP contribution is -2.02. The standard InChI is InChI=1S/C13H7F3O3/c14-7-4-5-10(8(6-7)13(17)18)19-11-3-1-2-9(15)12(11)16/h1-6H,(H,17,18). The molecule has 6 heteroatoms. The molecule has 2 aromatic carbocycles. The van der Waals surface area contributed by atoms with Crippen LogP contribution in [0.3, 0.4) is 0 Å². The number of carboxylic acid groups (broad SMARTS) is 1. The third-order valence-electron chi connectivity index (χ3n) is 2.31. The molecule has 0 heterocycles. The number of aromatic carboxylic acids is 1. The Balaban J connectivity index is 2.44. The van der Waals surface area contributed by atoms with Crippen LogP contribution in [-0.2, 0) is 0 Å². The van der Waals surface area contributed by atoms with Gasteiger partial charge in [0.1, 0.15) is 17.1 Å². The Hall–Kier alpha value is -2.50. The molecule has 0 saturated carbocycles. The molecule has 0 aromatic heterocycles. The van der Waals surface area contributed by atoms with E-state index in [1.165, 1.54) is 6.07 Å². The minimum atomic E-state index is -1.44. The Labute approximate surface area is 105 Å². The van der Waals surface area contributed by atoms with E-state index >= 15 is 0 Å². The van der Waals surface area contributed by atoms with E-state index in [1.807, 2.05) is 0 Å². The van der Waals surface area contributed by atoms with E-state index in [4.69, 9.17) is 9.84 Å². The van der Waals surface area contributed by atoms with Gasteiger partial charge in [-0.1, -0.05) is 6.07 Å². The molecule has 2 rings (SSSR count). The average molecular weight is 268 g/mol. The number of hydrogen-bond donors (Lipinski definition) is 1. The highest BCUT2D eigenvalue weighted by atomic mass is 19.2. The summed E-state index contributed by atoms with van der Waals surface area (Å²) < 4.78 is 44.3. The molecule has 19 heavy (non-hydrogen) atoms.